The molecule has 5 nitrogen and oxygen atoms in total. The lowest BCUT2D eigenvalue weighted by Crippen LogP contribution is -2.40. The molecule has 1 atom stereocenters. The van der Waals surface area contributed by atoms with Crippen molar-refractivity contribution < 1.29 is 31.1 Å². The quantitative estimate of drug-likeness (QED) is 0.383. The Hall–Kier alpha value is -3.37. The highest BCUT2D eigenvalue weighted by Gasteiger charge is 2.40. The standard InChI is InChI=1S/C23H20F6N4O/c24-17-12-19(26)18(25)11-16(17)9-15(8-14-4-2-1-3-5-14)10-21(34)32-6-7-33-20(13-32)30-31-22(33)23(27,28)29/h1-5,11-12,15H,6-10,13H2. The van der Waals surface area contributed by atoms with Crippen molar-refractivity contribution in [1.29, 1.82) is 0 Å². The topological polar surface area (TPSA) is 51.0 Å². The van der Waals surface area contributed by atoms with Crippen LogP contribution in [-0.4, -0.2) is 32.1 Å². The molecule has 4 rings (SSSR count). The summed E-state index contributed by atoms with van der Waals surface area (Å²) in [6.45, 7) is -0.214. The van der Waals surface area contributed by atoms with Crippen LogP contribution in [0.1, 0.15) is 29.2 Å². The number of hydrogen-bond donors (Lipinski definition) is 0. The van der Waals surface area contributed by atoms with Crippen molar-refractivity contribution >= 4 is 5.91 Å². The summed E-state index contributed by atoms with van der Waals surface area (Å²) >= 11 is 0. The van der Waals surface area contributed by atoms with Crippen molar-refractivity contribution in [3.63, 3.8) is 0 Å². The molecule has 1 aliphatic heterocycles. The second-order valence-electron chi connectivity index (χ2n) is 8.23. The minimum Gasteiger partial charge on any atom is -0.333 e. The Balaban J connectivity index is 1.51. The SMILES string of the molecule is O=C(CC(Cc1ccccc1)Cc1cc(F)c(F)cc1F)N1CCn2c(nnc2C(F)(F)F)C1. The van der Waals surface area contributed by atoms with E-state index in [1.54, 1.807) is 0 Å². The van der Waals surface area contributed by atoms with Gasteiger partial charge in [-0.3, -0.25) is 4.79 Å². The monoisotopic (exact) mass is 482 g/mol. The Morgan fingerprint density at radius 3 is 2.35 bits per heavy atom. The van der Waals surface area contributed by atoms with Gasteiger partial charge in [-0.1, -0.05) is 30.3 Å². The lowest BCUT2D eigenvalue weighted by Gasteiger charge is -2.29. The number of carbonyl (C=O) groups is 1. The zero-order valence-electron chi connectivity index (χ0n) is 17.8. The number of aromatic nitrogens is 3. The number of halogens is 6. The predicted molar refractivity (Wildman–Crippen MR) is 109 cm³/mol. The molecule has 2 heterocycles. The molecule has 180 valence electrons. The van der Waals surface area contributed by atoms with E-state index >= 15 is 0 Å². The van der Waals surface area contributed by atoms with Crippen LogP contribution in [0.2, 0.25) is 0 Å². The maximum atomic E-state index is 14.3. The number of carbonyl (C=O) groups excluding carboxylic acids is 1. The van der Waals surface area contributed by atoms with Crippen LogP contribution in [0.4, 0.5) is 26.3 Å². The molecule has 3 aromatic rings. The van der Waals surface area contributed by atoms with Gasteiger partial charge in [0.1, 0.15) is 5.82 Å². The van der Waals surface area contributed by atoms with Crippen LogP contribution in [0.15, 0.2) is 42.5 Å². The molecule has 0 radical (unpaired) electrons. The smallest absolute Gasteiger partial charge is 0.333 e. The van der Waals surface area contributed by atoms with Gasteiger partial charge in [0.25, 0.3) is 0 Å². The number of fused-ring (bicyclic) bond motifs is 1. The average Bonchev–Trinajstić information content (AvgIpc) is 3.22. The summed E-state index contributed by atoms with van der Waals surface area (Å²) in [7, 11) is 0. The molecule has 11 heteroatoms. The molecule has 1 unspecified atom stereocenters. The van der Waals surface area contributed by atoms with Gasteiger partial charge in [-0.05, 0) is 36.0 Å². The first-order chi connectivity index (χ1) is 16.1. The Bertz CT molecular complexity index is 1180. The predicted octanol–water partition coefficient (Wildman–Crippen LogP) is 4.55. The van der Waals surface area contributed by atoms with E-state index in [0.717, 1.165) is 16.2 Å². The molecule has 0 N–H and O–H groups in total. The number of rotatable bonds is 6. The number of hydrogen-bond acceptors (Lipinski definition) is 3. The highest BCUT2D eigenvalue weighted by Crippen LogP contribution is 2.30. The molecule has 0 bridgehead atoms. The molecule has 2 aromatic carbocycles. The average molecular weight is 482 g/mol. The fourth-order valence-corrected chi connectivity index (χ4v) is 4.15. The molecule has 1 aromatic heterocycles. The zero-order valence-corrected chi connectivity index (χ0v) is 17.8. The molecule has 1 aliphatic rings. The van der Waals surface area contributed by atoms with E-state index in [4.69, 9.17) is 0 Å². The maximum Gasteiger partial charge on any atom is 0.451 e. The van der Waals surface area contributed by atoms with Crippen LogP contribution < -0.4 is 0 Å². The van der Waals surface area contributed by atoms with Crippen molar-refractivity contribution in [2.45, 2.75) is 38.5 Å². The van der Waals surface area contributed by atoms with Gasteiger partial charge < -0.3 is 9.47 Å². The van der Waals surface area contributed by atoms with Crippen LogP contribution in [-0.2, 0) is 36.9 Å². The van der Waals surface area contributed by atoms with Gasteiger partial charge in [-0.15, -0.1) is 10.2 Å². The first-order valence-electron chi connectivity index (χ1n) is 10.6. The van der Waals surface area contributed by atoms with E-state index in [1.807, 2.05) is 30.3 Å². The second-order valence-corrected chi connectivity index (χ2v) is 8.23. The van der Waals surface area contributed by atoms with Crippen molar-refractivity contribution in [3.8, 4) is 0 Å². The van der Waals surface area contributed by atoms with Crippen molar-refractivity contribution in [2.75, 3.05) is 6.54 Å². The molecule has 0 fully saturated rings. The van der Waals surface area contributed by atoms with Crippen molar-refractivity contribution in [2.24, 2.45) is 5.92 Å². The van der Waals surface area contributed by atoms with E-state index in [9.17, 15) is 31.1 Å². The van der Waals surface area contributed by atoms with Gasteiger partial charge in [-0.25, -0.2) is 13.2 Å². The molecule has 34 heavy (non-hydrogen) atoms. The zero-order chi connectivity index (χ0) is 24.5. The van der Waals surface area contributed by atoms with E-state index in [1.165, 1.54) is 4.90 Å². The molecule has 0 aliphatic carbocycles. The summed E-state index contributed by atoms with van der Waals surface area (Å²) in [5.41, 5.74) is 0.817. The minimum atomic E-state index is -4.65. The van der Waals surface area contributed by atoms with Crippen LogP contribution in [0.5, 0.6) is 0 Å². The van der Waals surface area contributed by atoms with Crippen LogP contribution in [0, 0.1) is 23.4 Å². The highest BCUT2D eigenvalue weighted by molar-refractivity contribution is 5.76. The summed E-state index contributed by atoms with van der Waals surface area (Å²) in [5, 5.41) is 6.77. The summed E-state index contributed by atoms with van der Waals surface area (Å²) < 4.78 is 81.4. The third kappa shape index (κ3) is 5.23. The van der Waals surface area contributed by atoms with E-state index in [2.05, 4.69) is 10.2 Å². The Morgan fingerprint density at radius 2 is 1.65 bits per heavy atom. The van der Waals surface area contributed by atoms with E-state index in [0.29, 0.717) is 12.5 Å². The van der Waals surface area contributed by atoms with Crippen molar-refractivity contribution in [3.05, 3.63) is 82.7 Å². The summed E-state index contributed by atoms with van der Waals surface area (Å²) in [6.07, 6.45) is -4.36. The molecule has 1 amide bonds. The Kier molecular flexibility index (Phi) is 6.63. The number of nitrogens with zero attached hydrogens (tertiary/aromatic N) is 4. The van der Waals surface area contributed by atoms with Crippen molar-refractivity contribution in [1.82, 2.24) is 19.7 Å². The lowest BCUT2D eigenvalue weighted by molar-refractivity contribution is -0.148. The summed E-state index contributed by atoms with van der Waals surface area (Å²) in [5.74, 6) is -5.28. The van der Waals surface area contributed by atoms with Gasteiger partial charge in [0.15, 0.2) is 17.5 Å². The lowest BCUT2D eigenvalue weighted by atomic mass is 9.89. The Morgan fingerprint density at radius 1 is 0.941 bits per heavy atom. The molecule has 0 spiro atoms. The Labute approximate surface area is 191 Å². The van der Waals surface area contributed by atoms with Gasteiger partial charge in [0.2, 0.25) is 11.7 Å². The van der Waals surface area contributed by atoms with E-state index in [-0.39, 0.29) is 49.8 Å². The van der Waals surface area contributed by atoms with Gasteiger partial charge in [0, 0.05) is 25.6 Å². The number of amides is 1. The highest BCUT2D eigenvalue weighted by atomic mass is 19.4. The van der Waals surface area contributed by atoms with Gasteiger partial charge in [-0.2, -0.15) is 13.2 Å². The van der Waals surface area contributed by atoms with Crippen LogP contribution in [0.3, 0.4) is 0 Å². The molecule has 0 saturated heterocycles. The molecular formula is C23H20F6N4O. The summed E-state index contributed by atoms with van der Waals surface area (Å²) in [4.78, 5) is 14.4. The molecule has 0 saturated carbocycles. The fraction of sp³-hybridized carbons (Fsp3) is 0.348. The van der Waals surface area contributed by atoms with E-state index < -0.39 is 35.4 Å². The first kappa shape index (κ1) is 23.8. The molecular weight excluding hydrogens is 462 g/mol. The largest absolute Gasteiger partial charge is 0.451 e. The second kappa shape index (κ2) is 9.47. The normalized spacial score (nSPS) is 14.7. The fourth-order valence-electron chi connectivity index (χ4n) is 4.15. The first-order valence-corrected chi connectivity index (χ1v) is 10.6. The summed E-state index contributed by atoms with van der Waals surface area (Å²) in [6, 6.07) is 10.4. The van der Waals surface area contributed by atoms with Crippen LogP contribution in [0.25, 0.3) is 0 Å². The third-order valence-corrected chi connectivity index (χ3v) is 5.79. The van der Waals surface area contributed by atoms with Crippen LogP contribution >= 0.6 is 0 Å². The number of benzene rings is 2. The third-order valence-electron chi connectivity index (χ3n) is 5.79. The number of alkyl halides is 3. The van der Waals surface area contributed by atoms with Gasteiger partial charge >= 0.3 is 6.18 Å². The van der Waals surface area contributed by atoms with Gasteiger partial charge in [0.05, 0.1) is 6.54 Å². The maximum absolute atomic E-state index is 14.3. The minimum absolute atomic E-state index is 0.0219.